The number of amides is 1. The Hall–Kier alpha value is -1.35. The van der Waals surface area contributed by atoms with Crippen LogP contribution < -0.4 is 5.32 Å². The van der Waals surface area contributed by atoms with Crippen LogP contribution in [-0.4, -0.2) is 79.4 Å². The highest BCUT2D eigenvalue weighted by molar-refractivity contribution is 14.0. The maximum absolute atomic E-state index is 12.4. The number of carbonyl (C=O) groups excluding carboxylic acids is 1. The summed E-state index contributed by atoms with van der Waals surface area (Å²) in [5.41, 5.74) is 1.40. The summed E-state index contributed by atoms with van der Waals surface area (Å²) < 4.78 is 0. The molecule has 7 heteroatoms. The van der Waals surface area contributed by atoms with Gasteiger partial charge >= 0.3 is 0 Å². The topological polar surface area (TPSA) is 51.2 Å². The Bertz CT molecular complexity index is 640. The van der Waals surface area contributed by atoms with E-state index in [2.05, 4.69) is 57.4 Å². The van der Waals surface area contributed by atoms with Crippen molar-refractivity contribution >= 4 is 35.8 Å². The molecule has 1 aromatic rings. The average Bonchev–Trinajstić information content (AvgIpc) is 2.77. The fourth-order valence-electron chi connectivity index (χ4n) is 4.37. The second kappa shape index (κ2) is 12.4. The number of hydrogen-bond acceptors (Lipinski definition) is 3. The number of rotatable bonds is 5. The standard InChI is InChI=1S/C22H35N5O.HI/c1-3-20(19-10-6-4-7-11-19)25-14-16-27(17-15-25)22(23-2)24-18-21(28)26-12-8-5-9-13-26;/h4,6-7,10-11,20H,3,5,8-9,12-18H2,1-2H3,(H,23,24);1H. The molecule has 0 spiro atoms. The van der Waals surface area contributed by atoms with Crippen molar-refractivity contribution in [1.29, 1.82) is 0 Å². The third kappa shape index (κ3) is 6.57. The highest BCUT2D eigenvalue weighted by atomic mass is 127. The quantitative estimate of drug-likeness (QED) is 0.374. The number of piperazine rings is 1. The Balaban J connectivity index is 0.00000300. The van der Waals surface area contributed by atoms with Crippen LogP contribution in [0.3, 0.4) is 0 Å². The first-order valence-electron chi connectivity index (χ1n) is 10.7. The third-order valence-electron chi connectivity index (χ3n) is 5.94. The lowest BCUT2D eigenvalue weighted by atomic mass is 10.0. The Morgan fingerprint density at radius 3 is 2.24 bits per heavy atom. The predicted molar refractivity (Wildman–Crippen MR) is 130 cm³/mol. The average molecular weight is 513 g/mol. The van der Waals surface area contributed by atoms with Crippen molar-refractivity contribution in [3.63, 3.8) is 0 Å². The lowest BCUT2D eigenvalue weighted by molar-refractivity contribution is -0.130. The van der Waals surface area contributed by atoms with Crippen LogP contribution in [0.1, 0.15) is 44.2 Å². The van der Waals surface area contributed by atoms with Gasteiger partial charge < -0.3 is 15.1 Å². The van der Waals surface area contributed by atoms with Gasteiger partial charge in [0, 0.05) is 52.4 Å². The van der Waals surface area contributed by atoms with Crippen LogP contribution in [0.4, 0.5) is 0 Å². The maximum atomic E-state index is 12.4. The van der Waals surface area contributed by atoms with Gasteiger partial charge in [-0.1, -0.05) is 37.3 Å². The number of halogens is 1. The summed E-state index contributed by atoms with van der Waals surface area (Å²) >= 11 is 0. The molecule has 0 aromatic heterocycles. The van der Waals surface area contributed by atoms with E-state index in [1.807, 2.05) is 4.90 Å². The van der Waals surface area contributed by atoms with Gasteiger partial charge in [0.15, 0.2) is 5.96 Å². The summed E-state index contributed by atoms with van der Waals surface area (Å²) in [6, 6.07) is 11.3. The molecule has 2 fully saturated rings. The second-order valence-corrected chi connectivity index (χ2v) is 7.70. The summed E-state index contributed by atoms with van der Waals surface area (Å²) in [5.74, 6) is 1.03. The second-order valence-electron chi connectivity index (χ2n) is 7.70. The molecule has 162 valence electrons. The largest absolute Gasteiger partial charge is 0.347 e. The number of nitrogens with zero attached hydrogens (tertiary/aromatic N) is 4. The van der Waals surface area contributed by atoms with Crippen LogP contribution >= 0.6 is 24.0 Å². The molecule has 0 aliphatic carbocycles. The SMILES string of the molecule is CCC(c1ccccc1)N1CCN(C(=NC)NCC(=O)N2CCCCC2)CC1.I. The molecule has 3 rings (SSSR count). The minimum absolute atomic E-state index is 0. The number of guanidine groups is 1. The van der Waals surface area contributed by atoms with Crippen LogP contribution in [0.5, 0.6) is 0 Å². The van der Waals surface area contributed by atoms with Gasteiger partial charge in [0.2, 0.25) is 5.91 Å². The van der Waals surface area contributed by atoms with Crippen LogP contribution in [0, 0.1) is 0 Å². The number of carbonyl (C=O) groups is 1. The molecule has 1 aromatic carbocycles. The molecule has 2 aliphatic rings. The number of aliphatic imine (C=N–C) groups is 1. The van der Waals surface area contributed by atoms with E-state index in [4.69, 9.17) is 0 Å². The van der Waals surface area contributed by atoms with Crippen molar-refractivity contribution < 1.29 is 4.79 Å². The van der Waals surface area contributed by atoms with Crippen LogP contribution in [0.2, 0.25) is 0 Å². The number of nitrogens with one attached hydrogen (secondary N) is 1. The molecule has 1 N–H and O–H groups in total. The Kier molecular flexibility index (Phi) is 10.2. The maximum Gasteiger partial charge on any atom is 0.241 e. The summed E-state index contributed by atoms with van der Waals surface area (Å²) in [6.07, 6.45) is 4.61. The zero-order valence-electron chi connectivity index (χ0n) is 17.8. The monoisotopic (exact) mass is 513 g/mol. The van der Waals surface area contributed by atoms with Gasteiger partial charge in [-0.05, 0) is 31.2 Å². The van der Waals surface area contributed by atoms with Crippen molar-refractivity contribution in [2.45, 2.75) is 38.6 Å². The number of hydrogen-bond donors (Lipinski definition) is 1. The Morgan fingerprint density at radius 1 is 1.00 bits per heavy atom. The lowest BCUT2D eigenvalue weighted by Gasteiger charge is -2.40. The molecule has 29 heavy (non-hydrogen) atoms. The van der Waals surface area contributed by atoms with Crippen molar-refractivity contribution in [2.24, 2.45) is 4.99 Å². The van der Waals surface area contributed by atoms with Gasteiger partial charge in [-0.3, -0.25) is 14.7 Å². The molecule has 0 radical (unpaired) electrons. The molecule has 2 saturated heterocycles. The molecule has 0 saturated carbocycles. The van der Waals surface area contributed by atoms with E-state index in [1.54, 1.807) is 7.05 Å². The van der Waals surface area contributed by atoms with Gasteiger partial charge in [0.25, 0.3) is 0 Å². The van der Waals surface area contributed by atoms with E-state index >= 15 is 0 Å². The Morgan fingerprint density at radius 2 is 1.66 bits per heavy atom. The minimum Gasteiger partial charge on any atom is -0.347 e. The fraction of sp³-hybridized carbons (Fsp3) is 0.636. The van der Waals surface area contributed by atoms with Gasteiger partial charge in [-0.25, -0.2) is 0 Å². The lowest BCUT2D eigenvalue weighted by Crippen LogP contribution is -2.54. The van der Waals surface area contributed by atoms with E-state index in [0.29, 0.717) is 12.6 Å². The summed E-state index contributed by atoms with van der Waals surface area (Å²) in [6.45, 7) is 8.28. The zero-order valence-corrected chi connectivity index (χ0v) is 20.2. The van der Waals surface area contributed by atoms with Crippen molar-refractivity contribution in [2.75, 3.05) is 52.9 Å². The van der Waals surface area contributed by atoms with E-state index in [-0.39, 0.29) is 29.9 Å². The predicted octanol–water partition coefficient (Wildman–Crippen LogP) is 2.96. The normalized spacial score (nSPS) is 19.4. The highest BCUT2D eigenvalue weighted by Gasteiger charge is 2.25. The van der Waals surface area contributed by atoms with E-state index in [0.717, 1.165) is 64.5 Å². The van der Waals surface area contributed by atoms with Gasteiger partial charge in [0.1, 0.15) is 0 Å². The summed E-state index contributed by atoms with van der Waals surface area (Å²) in [7, 11) is 1.80. The molecule has 1 amide bonds. The van der Waals surface area contributed by atoms with Crippen LogP contribution in [-0.2, 0) is 4.79 Å². The zero-order chi connectivity index (χ0) is 19.8. The molecule has 1 unspecified atom stereocenters. The number of likely N-dealkylation sites (tertiary alicyclic amines) is 1. The van der Waals surface area contributed by atoms with Crippen molar-refractivity contribution in [3.05, 3.63) is 35.9 Å². The smallest absolute Gasteiger partial charge is 0.241 e. The number of piperidine rings is 1. The number of benzene rings is 1. The molecule has 1 atom stereocenters. The van der Waals surface area contributed by atoms with Crippen LogP contribution in [0.25, 0.3) is 0 Å². The minimum atomic E-state index is 0. The highest BCUT2D eigenvalue weighted by Crippen LogP contribution is 2.25. The van der Waals surface area contributed by atoms with Gasteiger partial charge in [0.05, 0.1) is 6.54 Å². The van der Waals surface area contributed by atoms with E-state index in [1.165, 1.54) is 12.0 Å². The Labute approximate surface area is 192 Å². The first-order chi connectivity index (χ1) is 13.7. The van der Waals surface area contributed by atoms with Gasteiger partial charge in [-0.2, -0.15) is 0 Å². The third-order valence-corrected chi connectivity index (χ3v) is 5.94. The molecule has 2 heterocycles. The first kappa shape index (κ1) is 23.9. The molecular weight excluding hydrogens is 477 g/mol. The fourth-order valence-corrected chi connectivity index (χ4v) is 4.37. The van der Waals surface area contributed by atoms with E-state index < -0.39 is 0 Å². The van der Waals surface area contributed by atoms with Crippen molar-refractivity contribution in [3.8, 4) is 0 Å². The molecule has 6 nitrogen and oxygen atoms in total. The van der Waals surface area contributed by atoms with Gasteiger partial charge in [-0.15, -0.1) is 24.0 Å². The molecular formula is C22H36IN5O. The summed E-state index contributed by atoms with van der Waals surface area (Å²) in [5, 5.41) is 3.29. The van der Waals surface area contributed by atoms with E-state index in [9.17, 15) is 4.79 Å². The first-order valence-corrected chi connectivity index (χ1v) is 10.7. The van der Waals surface area contributed by atoms with Crippen LogP contribution in [0.15, 0.2) is 35.3 Å². The molecule has 0 bridgehead atoms. The van der Waals surface area contributed by atoms with Crippen molar-refractivity contribution in [1.82, 2.24) is 20.0 Å². The summed E-state index contributed by atoms with van der Waals surface area (Å²) in [4.78, 5) is 23.7. The molecule has 2 aliphatic heterocycles.